The Morgan fingerprint density at radius 3 is 2.88 bits per heavy atom. The van der Waals surface area contributed by atoms with Gasteiger partial charge in [0.15, 0.2) is 5.96 Å². The molecule has 4 nitrogen and oxygen atoms in total. The number of ether oxygens (including phenoxy) is 1. The third kappa shape index (κ3) is 4.87. The number of halogens is 3. The van der Waals surface area contributed by atoms with Gasteiger partial charge in [0.1, 0.15) is 6.10 Å². The van der Waals surface area contributed by atoms with Crippen molar-refractivity contribution < 1.29 is 17.9 Å². The molecule has 1 heterocycles. The highest BCUT2D eigenvalue weighted by Crippen LogP contribution is 2.32. The van der Waals surface area contributed by atoms with Gasteiger partial charge in [-0.25, -0.2) is 0 Å². The minimum absolute atomic E-state index is 0.397. The molecule has 0 saturated carbocycles. The van der Waals surface area contributed by atoms with E-state index in [1.807, 2.05) is 4.90 Å². The fraction of sp³-hybridized carbons (Fsp3) is 0.588. The number of nitrogens with zero attached hydrogens (tertiary/aromatic N) is 2. The summed E-state index contributed by atoms with van der Waals surface area (Å²) < 4.78 is 44.4. The normalized spacial score (nSPS) is 19.5. The summed E-state index contributed by atoms with van der Waals surface area (Å²) in [7, 11) is 1.71. The molecule has 1 aromatic carbocycles. The Kier molecular flexibility index (Phi) is 6.48. The second kappa shape index (κ2) is 8.37. The average Bonchev–Trinajstić information content (AvgIpc) is 2.58. The van der Waals surface area contributed by atoms with Crippen molar-refractivity contribution in [1.29, 1.82) is 0 Å². The van der Waals surface area contributed by atoms with Gasteiger partial charge in [-0.05, 0) is 24.1 Å². The van der Waals surface area contributed by atoms with E-state index in [0.717, 1.165) is 31.4 Å². The Labute approximate surface area is 140 Å². The predicted octanol–water partition coefficient (Wildman–Crippen LogP) is 3.45. The lowest BCUT2D eigenvalue weighted by Crippen LogP contribution is -2.48. The van der Waals surface area contributed by atoms with Crippen LogP contribution in [0, 0.1) is 0 Å². The summed E-state index contributed by atoms with van der Waals surface area (Å²) in [6, 6.07) is 5.35. The van der Waals surface area contributed by atoms with Gasteiger partial charge in [0.05, 0.1) is 18.7 Å². The van der Waals surface area contributed by atoms with E-state index in [1.165, 1.54) is 12.1 Å². The van der Waals surface area contributed by atoms with Crippen molar-refractivity contribution in [3.05, 3.63) is 35.4 Å². The van der Waals surface area contributed by atoms with E-state index < -0.39 is 17.8 Å². The number of rotatable bonds is 4. The van der Waals surface area contributed by atoms with Crippen LogP contribution >= 0.6 is 0 Å². The van der Waals surface area contributed by atoms with Gasteiger partial charge < -0.3 is 15.0 Å². The molecule has 1 unspecified atom stereocenters. The molecule has 134 valence electrons. The summed E-state index contributed by atoms with van der Waals surface area (Å²) in [6.45, 7) is 4.54. The quantitative estimate of drug-likeness (QED) is 0.517. The zero-order chi connectivity index (χ0) is 17.6. The zero-order valence-electron chi connectivity index (χ0n) is 14.1. The summed E-state index contributed by atoms with van der Waals surface area (Å²) in [5, 5.41) is 3.29. The smallest absolute Gasteiger partial charge is 0.370 e. The summed E-state index contributed by atoms with van der Waals surface area (Å²) in [6.07, 6.45) is -2.62. The monoisotopic (exact) mass is 343 g/mol. The maximum absolute atomic E-state index is 12.9. The molecule has 0 aliphatic carbocycles. The van der Waals surface area contributed by atoms with Crippen molar-refractivity contribution in [3.63, 3.8) is 0 Å². The van der Waals surface area contributed by atoms with E-state index in [1.54, 1.807) is 13.1 Å². The van der Waals surface area contributed by atoms with Gasteiger partial charge >= 0.3 is 6.18 Å². The molecule has 0 amide bonds. The van der Waals surface area contributed by atoms with Crippen LogP contribution < -0.4 is 5.32 Å². The third-order valence-corrected chi connectivity index (χ3v) is 3.98. The molecule has 1 atom stereocenters. The van der Waals surface area contributed by atoms with Gasteiger partial charge in [0.2, 0.25) is 0 Å². The van der Waals surface area contributed by atoms with Gasteiger partial charge in [0, 0.05) is 20.1 Å². The first-order valence-electron chi connectivity index (χ1n) is 8.20. The fourth-order valence-electron chi connectivity index (χ4n) is 2.67. The standard InChI is InChI=1S/C17H24F3N3O/c1-3-4-8-22-16(21-2)23-9-10-24-15(12-23)13-6-5-7-14(11-13)17(18,19)20/h5-7,11,15H,3-4,8-10,12H2,1-2H3,(H,21,22). The summed E-state index contributed by atoms with van der Waals surface area (Å²) >= 11 is 0. The molecule has 0 radical (unpaired) electrons. The molecule has 0 bridgehead atoms. The van der Waals surface area contributed by atoms with E-state index >= 15 is 0 Å². The first kappa shape index (κ1) is 18.6. The second-order valence-electron chi connectivity index (χ2n) is 5.76. The van der Waals surface area contributed by atoms with Gasteiger partial charge in [-0.1, -0.05) is 25.5 Å². The first-order chi connectivity index (χ1) is 11.5. The van der Waals surface area contributed by atoms with E-state index in [4.69, 9.17) is 4.74 Å². The number of morpholine rings is 1. The number of hydrogen-bond acceptors (Lipinski definition) is 2. The molecule has 0 aromatic heterocycles. The zero-order valence-corrected chi connectivity index (χ0v) is 14.1. The van der Waals surface area contributed by atoms with Crippen LogP contribution in [0.3, 0.4) is 0 Å². The molecule has 1 aliphatic heterocycles. The van der Waals surface area contributed by atoms with E-state index in [2.05, 4.69) is 17.2 Å². The highest BCUT2D eigenvalue weighted by atomic mass is 19.4. The Bertz CT molecular complexity index is 560. The number of guanidine groups is 1. The van der Waals surface area contributed by atoms with Crippen molar-refractivity contribution >= 4 is 5.96 Å². The minimum Gasteiger partial charge on any atom is -0.370 e. The molecule has 1 saturated heterocycles. The van der Waals surface area contributed by atoms with Crippen LogP contribution in [0.2, 0.25) is 0 Å². The van der Waals surface area contributed by atoms with Crippen molar-refractivity contribution in [2.75, 3.05) is 33.3 Å². The third-order valence-electron chi connectivity index (χ3n) is 3.98. The average molecular weight is 343 g/mol. The largest absolute Gasteiger partial charge is 0.416 e. The topological polar surface area (TPSA) is 36.9 Å². The highest BCUT2D eigenvalue weighted by Gasteiger charge is 2.32. The Morgan fingerprint density at radius 2 is 2.21 bits per heavy atom. The SMILES string of the molecule is CCCCNC(=NC)N1CCOC(c2cccc(C(F)(F)F)c2)C1. The Morgan fingerprint density at radius 1 is 1.42 bits per heavy atom. The van der Waals surface area contributed by atoms with Gasteiger partial charge in [-0.2, -0.15) is 13.2 Å². The van der Waals surface area contributed by atoms with Crippen LogP contribution in [0.25, 0.3) is 0 Å². The number of nitrogens with one attached hydrogen (secondary N) is 1. The molecule has 1 fully saturated rings. The molecular weight excluding hydrogens is 319 g/mol. The van der Waals surface area contributed by atoms with E-state index in [-0.39, 0.29) is 0 Å². The number of aliphatic imine (C=N–C) groups is 1. The lowest BCUT2D eigenvalue weighted by molar-refractivity contribution is -0.137. The Hall–Kier alpha value is -1.76. The van der Waals surface area contributed by atoms with E-state index in [0.29, 0.717) is 25.3 Å². The van der Waals surface area contributed by atoms with Crippen molar-refractivity contribution in [2.45, 2.75) is 32.0 Å². The lowest BCUT2D eigenvalue weighted by atomic mass is 10.0. The van der Waals surface area contributed by atoms with Gasteiger partial charge in [-0.3, -0.25) is 4.99 Å². The number of benzene rings is 1. The summed E-state index contributed by atoms with van der Waals surface area (Å²) in [5.41, 5.74) is -0.107. The van der Waals surface area contributed by atoms with Crippen LogP contribution in [-0.2, 0) is 10.9 Å². The molecule has 24 heavy (non-hydrogen) atoms. The van der Waals surface area contributed by atoms with Crippen molar-refractivity contribution in [1.82, 2.24) is 10.2 Å². The fourth-order valence-corrected chi connectivity index (χ4v) is 2.67. The lowest BCUT2D eigenvalue weighted by Gasteiger charge is -2.35. The predicted molar refractivity (Wildman–Crippen MR) is 88.0 cm³/mol. The molecular formula is C17H24F3N3O. The maximum Gasteiger partial charge on any atom is 0.416 e. The second-order valence-corrected chi connectivity index (χ2v) is 5.76. The molecule has 2 rings (SSSR count). The number of unbranched alkanes of at least 4 members (excludes halogenated alkanes) is 1. The number of hydrogen-bond donors (Lipinski definition) is 1. The molecule has 1 aromatic rings. The molecule has 1 aliphatic rings. The number of alkyl halides is 3. The van der Waals surface area contributed by atoms with Crippen LogP contribution in [0.1, 0.15) is 37.0 Å². The Balaban J connectivity index is 2.07. The van der Waals surface area contributed by atoms with Gasteiger partial charge in [-0.15, -0.1) is 0 Å². The minimum atomic E-state index is -4.35. The molecule has 7 heteroatoms. The first-order valence-corrected chi connectivity index (χ1v) is 8.20. The maximum atomic E-state index is 12.9. The van der Waals surface area contributed by atoms with Gasteiger partial charge in [0.25, 0.3) is 0 Å². The molecule has 1 N–H and O–H groups in total. The summed E-state index contributed by atoms with van der Waals surface area (Å²) in [5.74, 6) is 0.767. The van der Waals surface area contributed by atoms with Crippen LogP contribution in [0.15, 0.2) is 29.3 Å². The van der Waals surface area contributed by atoms with Crippen LogP contribution in [0.4, 0.5) is 13.2 Å². The van der Waals surface area contributed by atoms with Crippen LogP contribution in [-0.4, -0.2) is 44.1 Å². The van der Waals surface area contributed by atoms with Crippen LogP contribution in [0.5, 0.6) is 0 Å². The highest BCUT2D eigenvalue weighted by molar-refractivity contribution is 5.80. The summed E-state index contributed by atoms with van der Waals surface area (Å²) in [4.78, 5) is 6.30. The van der Waals surface area contributed by atoms with Crippen molar-refractivity contribution in [3.8, 4) is 0 Å². The molecule has 0 spiro atoms. The van der Waals surface area contributed by atoms with Crippen molar-refractivity contribution in [2.24, 2.45) is 4.99 Å². The van der Waals surface area contributed by atoms with E-state index in [9.17, 15) is 13.2 Å².